The Kier molecular flexibility index (Phi) is 6.37. The number of halogens is 1. The number of amides is 1. The minimum atomic E-state index is -0.132. The Morgan fingerprint density at radius 3 is 2.54 bits per heavy atom. The molecule has 0 atom stereocenters. The van der Waals surface area contributed by atoms with Crippen LogP contribution in [0.2, 0.25) is 5.15 Å². The molecule has 0 bridgehead atoms. The molecule has 0 saturated heterocycles. The molecule has 1 heterocycles. The highest BCUT2D eigenvalue weighted by molar-refractivity contribution is 6.30. The van der Waals surface area contributed by atoms with Crippen LogP contribution >= 0.6 is 11.6 Å². The number of methoxy groups -OCH3 is 1. The summed E-state index contributed by atoms with van der Waals surface area (Å²) < 4.78 is 5.07. The quantitative estimate of drug-likeness (QED) is 0.594. The Morgan fingerprint density at radius 1 is 1.21 bits per heavy atom. The highest BCUT2D eigenvalue weighted by Gasteiger charge is 2.10. The van der Waals surface area contributed by atoms with E-state index in [4.69, 9.17) is 16.3 Å². The zero-order chi connectivity index (χ0) is 17.5. The molecule has 1 aromatic heterocycles. The van der Waals surface area contributed by atoms with Gasteiger partial charge in [-0.1, -0.05) is 18.5 Å². The zero-order valence-corrected chi connectivity index (χ0v) is 14.8. The van der Waals surface area contributed by atoms with Crippen molar-refractivity contribution in [2.24, 2.45) is 0 Å². The Hall–Kier alpha value is -2.34. The van der Waals surface area contributed by atoms with E-state index in [0.29, 0.717) is 35.4 Å². The SMILES string of the molecule is CCc1c(Cl)nc(C)nc1NCCNC(=O)c1ccc(OC)cc1. The van der Waals surface area contributed by atoms with E-state index in [-0.39, 0.29) is 5.91 Å². The van der Waals surface area contributed by atoms with Gasteiger partial charge < -0.3 is 15.4 Å². The monoisotopic (exact) mass is 348 g/mol. The van der Waals surface area contributed by atoms with Crippen molar-refractivity contribution in [2.45, 2.75) is 20.3 Å². The summed E-state index contributed by atoms with van der Waals surface area (Å²) in [5.41, 5.74) is 1.47. The van der Waals surface area contributed by atoms with E-state index in [1.54, 1.807) is 38.3 Å². The lowest BCUT2D eigenvalue weighted by Crippen LogP contribution is -2.29. The van der Waals surface area contributed by atoms with Gasteiger partial charge in [-0.15, -0.1) is 0 Å². The first-order chi connectivity index (χ1) is 11.5. The second kappa shape index (κ2) is 8.49. The van der Waals surface area contributed by atoms with Gasteiger partial charge in [0.05, 0.1) is 7.11 Å². The molecule has 0 saturated carbocycles. The molecule has 2 aromatic rings. The van der Waals surface area contributed by atoms with Gasteiger partial charge in [0.15, 0.2) is 0 Å². The first-order valence-electron chi connectivity index (χ1n) is 7.74. The van der Waals surface area contributed by atoms with Crippen molar-refractivity contribution in [1.82, 2.24) is 15.3 Å². The molecule has 6 nitrogen and oxygen atoms in total. The summed E-state index contributed by atoms with van der Waals surface area (Å²) in [4.78, 5) is 20.6. The molecule has 0 aliphatic carbocycles. The maximum absolute atomic E-state index is 12.1. The van der Waals surface area contributed by atoms with Gasteiger partial charge in [0.25, 0.3) is 5.91 Å². The molecule has 24 heavy (non-hydrogen) atoms. The van der Waals surface area contributed by atoms with Gasteiger partial charge in [-0.05, 0) is 37.6 Å². The maximum Gasteiger partial charge on any atom is 0.251 e. The number of carbonyl (C=O) groups is 1. The van der Waals surface area contributed by atoms with Crippen LogP contribution in [0.4, 0.5) is 5.82 Å². The van der Waals surface area contributed by atoms with E-state index < -0.39 is 0 Å². The summed E-state index contributed by atoms with van der Waals surface area (Å²) in [6, 6.07) is 6.97. The van der Waals surface area contributed by atoms with Crippen molar-refractivity contribution in [3.05, 3.63) is 46.4 Å². The molecule has 0 fully saturated rings. The lowest BCUT2D eigenvalue weighted by molar-refractivity contribution is 0.0955. The normalized spacial score (nSPS) is 10.3. The first kappa shape index (κ1) is 18.0. The average Bonchev–Trinajstić information content (AvgIpc) is 2.58. The first-order valence-corrected chi connectivity index (χ1v) is 8.12. The molecule has 0 radical (unpaired) electrons. The summed E-state index contributed by atoms with van der Waals surface area (Å²) in [6.07, 6.45) is 0.736. The molecule has 0 spiro atoms. The number of aromatic nitrogens is 2. The van der Waals surface area contributed by atoms with Crippen molar-refractivity contribution in [1.29, 1.82) is 0 Å². The highest BCUT2D eigenvalue weighted by Crippen LogP contribution is 2.21. The minimum absolute atomic E-state index is 0.132. The number of anilines is 1. The van der Waals surface area contributed by atoms with Crippen LogP contribution in [0, 0.1) is 6.92 Å². The van der Waals surface area contributed by atoms with E-state index in [1.807, 2.05) is 6.92 Å². The van der Waals surface area contributed by atoms with Gasteiger partial charge in [0.2, 0.25) is 0 Å². The van der Waals surface area contributed by atoms with E-state index in [0.717, 1.165) is 17.7 Å². The number of benzene rings is 1. The van der Waals surface area contributed by atoms with Gasteiger partial charge in [0, 0.05) is 24.2 Å². The van der Waals surface area contributed by atoms with E-state index in [1.165, 1.54) is 0 Å². The van der Waals surface area contributed by atoms with E-state index >= 15 is 0 Å². The van der Waals surface area contributed by atoms with Crippen LogP contribution in [0.5, 0.6) is 5.75 Å². The number of ether oxygens (including phenoxy) is 1. The summed E-state index contributed by atoms with van der Waals surface area (Å²) in [6.45, 7) is 4.80. The van der Waals surface area contributed by atoms with E-state index in [2.05, 4.69) is 20.6 Å². The third-order valence-corrected chi connectivity index (χ3v) is 3.79. The third-order valence-electron chi connectivity index (χ3n) is 3.48. The predicted molar refractivity (Wildman–Crippen MR) is 95.0 cm³/mol. The maximum atomic E-state index is 12.1. The van der Waals surface area contributed by atoms with Crippen LogP contribution < -0.4 is 15.4 Å². The van der Waals surface area contributed by atoms with Crippen LogP contribution in [-0.4, -0.2) is 36.1 Å². The fraction of sp³-hybridized carbons (Fsp3) is 0.353. The Labute approximate surface area is 146 Å². The number of carbonyl (C=O) groups excluding carboxylic acids is 1. The van der Waals surface area contributed by atoms with Crippen molar-refractivity contribution in [2.75, 3.05) is 25.5 Å². The highest BCUT2D eigenvalue weighted by atomic mass is 35.5. The Balaban J connectivity index is 1.87. The summed E-state index contributed by atoms with van der Waals surface area (Å²) in [7, 11) is 1.59. The molecule has 1 amide bonds. The fourth-order valence-electron chi connectivity index (χ4n) is 2.22. The second-order valence-electron chi connectivity index (χ2n) is 5.15. The Morgan fingerprint density at radius 2 is 1.92 bits per heavy atom. The lowest BCUT2D eigenvalue weighted by Gasteiger charge is -2.12. The van der Waals surface area contributed by atoms with Gasteiger partial charge in [0.1, 0.15) is 22.5 Å². The number of hydrogen-bond donors (Lipinski definition) is 2. The molecule has 0 unspecified atom stereocenters. The molecule has 0 aliphatic rings. The van der Waals surface area contributed by atoms with Crippen molar-refractivity contribution < 1.29 is 9.53 Å². The molecule has 2 N–H and O–H groups in total. The molecule has 0 aliphatic heterocycles. The largest absolute Gasteiger partial charge is 0.497 e. The molecule has 1 aromatic carbocycles. The van der Waals surface area contributed by atoms with Gasteiger partial charge in [-0.3, -0.25) is 4.79 Å². The molecule has 2 rings (SSSR count). The number of nitrogens with one attached hydrogen (secondary N) is 2. The summed E-state index contributed by atoms with van der Waals surface area (Å²) in [5, 5.41) is 6.52. The van der Waals surface area contributed by atoms with Gasteiger partial charge in [-0.2, -0.15) is 0 Å². The molecule has 7 heteroatoms. The van der Waals surface area contributed by atoms with E-state index in [9.17, 15) is 4.79 Å². The molecule has 128 valence electrons. The van der Waals surface area contributed by atoms with Crippen LogP contribution in [0.15, 0.2) is 24.3 Å². The zero-order valence-electron chi connectivity index (χ0n) is 14.0. The fourth-order valence-corrected chi connectivity index (χ4v) is 2.57. The van der Waals surface area contributed by atoms with Crippen molar-refractivity contribution >= 4 is 23.3 Å². The summed E-state index contributed by atoms with van der Waals surface area (Å²) in [5.74, 6) is 1.92. The van der Waals surface area contributed by atoms with Crippen molar-refractivity contribution in [3.8, 4) is 5.75 Å². The molecular weight excluding hydrogens is 328 g/mol. The third kappa shape index (κ3) is 4.58. The number of aryl methyl sites for hydroxylation is 1. The van der Waals surface area contributed by atoms with Gasteiger partial charge >= 0.3 is 0 Å². The summed E-state index contributed by atoms with van der Waals surface area (Å²) >= 11 is 6.13. The van der Waals surface area contributed by atoms with Gasteiger partial charge in [-0.25, -0.2) is 9.97 Å². The average molecular weight is 349 g/mol. The number of rotatable bonds is 7. The number of nitrogens with zero attached hydrogens (tertiary/aromatic N) is 2. The standard InChI is InChI=1S/C17H21ClN4O2/c1-4-14-15(18)21-11(2)22-16(14)19-9-10-20-17(23)12-5-7-13(24-3)8-6-12/h5-8H,4,9-10H2,1-3H3,(H,20,23)(H,19,21,22). The topological polar surface area (TPSA) is 76.1 Å². The Bertz CT molecular complexity index is 704. The van der Waals surface area contributed by atoms with Crippen LogP contribution in [0.1, 0.15) is 28.7 Å². The minimum Gasteiger partial charge on any atom is -0.497 e. The lowest BCUT2D eigenvalue weighted by atomic mass is 10.2. The predicted octanol–water partition coefficient (Wildman–Crippen LogP) is 2.85. The van der Waals surface area contributed by atoms with Crippen LogP contribution in [0.25, 0.3) is 0 Å². The van der Waals surface area contributed by atoms with Crippen molar-refractivity contribution in [3.63, 3.8) is 0 Å². The van der Waals surface area contributed by atoms with Crippen LogP contribution in [-0.2, 0) is 6.42 Å². The van der Waals surface area contributed by atoms with Crippen LogP contribution in [0.3, 0.4) is 0 Å². The smallest absolute Gasteiger partial charge is 0.251 e. The molecular formula is C17H21ClN4O2. The second-order valence-corrected chi connectivity index (χ2v) is 5.51. The number of hydrogen-bond acceptors (Lipinski definition) is 5.